The van der Waals surface area contributed by atoms with Crippen LogP contribution in [0.5, 0.6) is 5.75 Å². The minimum Gasteiger partial charge on any atom is -0.496 e. The lowest BCUT2D eigenvalue weighted by Gasteiger charge is -2.51. The fourth-order valence-corrected chi connectivity index (χ4v) is 6.39. The smallest absolute Gasteiger partial charge is 0.211 e. The number of nitrogens with zero attached hydrogens (tertiary/aromatic N) is 2. The number of halogens is 1. The van der Waals surface area contributed by atoms with Gasteiger partial charge in [-0.3, -0.25) is 4.90 Å². The summed E-state index contributed by atoms with van der Waals surface area (Å²) in [5.41, 5.74) is 3.90. The van der Waals surface area contributed by atoms with Crippen LogP contribution in [0.4, 0.5) is 0 Å². The van der Waals surface area contributed by atoms with Crippen molar-refractivity contribution in [1.82, 2.24) is 9.21 Å². The second-order valence-electron chi connectivity index (χ2n) is 7.86. The molecule has 0 unspecified atom stereocenters. The van der Waals surface area contributed by atoms with E-state index in [1.165, 1.54) is 17.4 Å². The summed E-state index contributed by atoms with van der Waals surface area (Å²) in [6.45, 7) is 4.85. The number of fused-ring (bicyclic) bond motifs is 4. The molecule has 0 aromatic heterocycles. The lowest BCUT2D eigenvalue weighted by molar-refractivity contribution is 0.0222. The van der Waals surface area contributed by atoms with Gasteiger partial charge in [0.2, 0.25) is 10.0 Å². The average Bonchev–Trinajstić information content (AvgIpc) is 2.58. The Bertz CT molecular complexity index is 783. The van der Waals surface area contributed by atoms with Crippen molar-refractivity contribution in [3.8, 4) is 5.75 Å². The highest BCUT2D eigenvalue weighted by atomic mass is 35.5. The summed E-state index contributed by atoms with van der Waals surface area (Å²) in [6.07, 6.45) is 5.46. The standard InChI is InChI=1S/C19H28N2O3S.ClH/c1-13-9-16-14(10-19(13)24-2)6-8-20-12-15-5-4-7-21(25(3,22)23)17(15)11-18(16)20;/h9-10,15,17-18H,4-8,11-12H2,1-3H3;1H/t15-,17+,18+;/m1./s1. The molecule has 3 aliphatic rings. The molecular weight excluding hydrogens is 372 g/mol. The Labute approximate surface area is 163 Å². The van der Waals surface area contributed by atoms with Crippen LogP contribution in [-0.4, -0.2) is 56.7 Å². The summed E-state index contributed by atoms with van der Waals surface area (Å²) in [6, 6.07) is 4.93. The predicted molar refractivity (Wildman–Crippen MR) is 106 cm³/mol. The number of hydrogen-bond acceptors (Lipinski definition) is 4. The maximum atomic E-state index is 12.3. The number of rotatable bonds is 2. The van der Waals surface area contributed by atoms with Crippen molar-refractivity contribution in [2.75, 3.05) is 33.0 Å². The van der Waals surface area contributed by atoms with Crippen molar-refractivity contribution in [2.45, 2.75) is 44.7 Å². The first-order valence-electron chi connectivity index (χ1n) is 9.26. The van der Waals surface area contributed by atoms with Gasteiger partial charge in [0, 0.05) is 31.7 Å². The monoisotopic (exact) mass is 400 g/mol. The molecule has 2 saturated heterocycles. The molecule has 5 nitrogen and oxygen atoms in total. The van der Waals surface area contributed by atoms with Crippen LogP contribution in [0.1, 0.15) is 42.0 Å². The molecule has 1 aromatic rings. The van der Waals surface area contributed by atoms with Crippen LogP contribution >= 0.6 is 12.4 Å². The Kier molecular flexibility index (Phi) is 5.60. The molecule has 3 heterocycles. The minimum atomic E-state index is -3.14. The fraction of sp³-hybridized carbons (Fsp3) is 0.684. The molecule has 7 heteroatoms. The zero-order valence-electron chi connectivity index (χ0n) is 15.8. The van der Waals surface area contributed by atoms with Gasteiger partial charge in [-0.1, -0.05) is 6.07 Å². The number of benzene rings is 1. The summed E-state index contributed by atoms with van der Waals surface area (Å²) in [5, 5.41) is 0. The molecule has 0 amide bonds. The third kappa shape index (κ3) is 3.37. The molecule has 4 rings (SSSR count). The Morgan fingerprint density at radius 2 is 2.00 bits per heavy atom. The van der Waals surface area contributed by atoms with Crippen LogP contribution in [-0.2, 0) is 16.4 Å². The first-order valence-corrected chi connectivity index (χ1v) is 11.1. The molecular formula is C19H29ClN2O3S. The molecule has 2 fully saturated rings. The van der Waals surface area contributed by atoms with Gasteiger partial charge in [-0.05, 0) is 61.3 Å². The Hall–Kier alpha value is -0.820. The molecule has 0 saturated carbocycles. The molecule has 0 aliphatic carbocycles. The quantitative estimate of drug-likeness (QED) is 0.765. The highest BCUT2D eigenvalue weighted by Gasteiger charge is 2.45. The molecule has 1 aromatic carbocycles. The third-order valence-electron chi connectivity index (χ3n) is 6.35. The molecule has 0 N–H and O–H groups in total. The number of aryl methyl sites for hydroxylation is 1. The number of ether oxygens (including phenoxy) is 1. The van der Waals surface area contributed by atoms with E-state index in [2.05, 4.69) is 24.0 Å². The van der Waals surface area contributed by atoms with E-state index in [0.717, 1.165) is 50.1 Å². The van der Waals surface area contributed by atoms with Crippen molar-refractivity contribution >= 4 is 22.4 Å². The zero-order valence-corrected chi connectivity index (χ0v) is 17.4. The van der Waals surface area contributed by atoms with Gasteiger partial charge in [0.05, 0.1) is 13.4 Å². The van der Waals surface area contributed by atoms with E-state index in [9.17, 15) is 8.42 Å². The van der Waals surface area contributed by atoms with Crippen LogP contribution < -0.4 is 4.74 Å². The maximum Gasteiger partial charge on any atom is 0.211 e. The van der Waals surface area contributed by atoms with Gasteiger partial charge in [0.25, 0.3) is 0 Å². The van der Waals surface area contributed by atoms with Crippen molar-refractivity contribution in [1.29, 1.82) is 0 Å². The van der Waals surface area contributed by atoms with Crippen LogP contribution in [0, 0.1) is 12.8 Å². The summed E-state index contributed by atoms with van der Waals surface area (Å²) < 4.78 is 31.8. The van der Waals surface area contributed by atoms with E-state index in [4.69, 9.17) is 4.74 Å². The van der Waals surface area contributed by atoms with E-state index in [0.29, 0.717) is 18.5 Å². The van der Waals surface area contributed by atoms with Crippen LogP contribution in [0.2, 0.25) is 0 Å². The van der Waals surface area contributed by atoms with Gasteiger partial charge in [0.1, 0.15) is 5.75 Å². The largest absolute Gasteiger partial charge is 0.496 e. The lowest BCUT2D eigenvalue weighted by atomic mass is 9.77. The number of methoxy groups -OCH3 is 1. The molecule has 146 valence electrons. The molecule has 3 aliphatic heterocycles. The number of sulfonamides is 1. The van der Waals surface area contributed by atoms with Crippen LogP contribution in [0.3, 0.4) is 0 Å². The zero-order chi connectivity index (χ0) is 17.8. The van der Waals surface area contributed by atoms with E-state index < -0.39 is 10.0 Å². The fourth-order valence-electron chi connectivity index (χ4n) is 5.18. The first kappa shape index (κ1) is 19.9. The van der Waals surface area contributed by atoms with Gasteiger partial charge in [-0.25, -0.2) is 8.42 Å². The first-order chi connectivity index (χ1) is 11.9. The summed E-state index contributed by atoms with van der Waals surface area (Å²) in [5.74, 6) is 1.43. The highest BCUT2D eigenvalue weighted by Crippen LogP contribution is 2.44. The van der Waals surface area contributed by atoms with E-state index in [1.807, 2.05) is 0 Å². The van der Waals surface area contributed by atoms with Gasteiger partial charge in [-0.2, -0.15) is 4.31 Å². The summed E-state index contributed by atoms with van der Waals surface area (Å²) in [4.78, 5) is 2.58. The summed E-state index contributed by atoms with van der Waals surface area (Å²) in [7, 11) is -1.41. The van der Waals surface area contributed by atoms with E-state index >= 15 is 0 Å². The molecule has 26 heavy (non-hydrogen) atoms. The minimum absolute atomic E-state index is 0. The Morgan fingerprint density at radius 3 is 2.69 bits per heavy atom. The van der Waals surface area contributed by atoms with Gasteiger partial charge in [-0.15, -0.1) is 12.4 Å². The molecule has 0 spiro atoms. The Morgan fingerprint density at radius 1 is 1.23 bits per heavy atom. The van der Waals surface area contributed by atoms with E-state index in [-0.39, 0.29) is 18.4 Å². The highest BCUT2D eigenvalue weighted by molar-refractivity contribution is 7.88. The molecule has 3 atom stereocenters. The molecule has 0 radical (unpaired) electrons. The van der Waals surface area contributed by atoms with Crippen molar-refractivity contribution in [2.24, 2.45) is 5.92 Å². The molecule has 0 bridgehead atoms. The van der Waals surface area contributed by atoms with Gasteiger partial charge >= 0.3 is 0 Å². The Balaban J connectivity index is 0.00000196. The summed E-state index contributed by atoms with van der Waals surface area (Å²) >= 11 is 0. The second-order valence-corrected chi connectivity index (χ2v) is 9.80. The van der Waals surface area contributed by atoms with Crippen molar-refractivity contribution in [3.63, 3.8) is 0 Å². The van der Waals surface area contributed by atoms with Crippen molar-refractivity contribution < 1.29 is 13.2 Å². The number of piperidine rings is 2. The van der Waals surface area contributed by atoms with E-state index in [1.54, 1.807) is 11.4 Å². The van der Waals surface area contributed by atoms with Crippen molar-refractivity contribution in [3.05, 3.63) is 28.8 Å². The predicted octanol–water partition coefficient (Wildman–Crippen LogP) is 2.77. The van der Waals surface area contributed by atoms with Crippen LogP contribution in [0.15, 0.2) is 12.1 Å². The topological polar surface area (TPSA) is 49.9 Å². The maximum absolute atomic E-state index is 12.3. The lowest BCUT2D eigenvalue weighted by Crippen LogP contribution is -2.57. The normalized spacial score (nSPS) is 29.1. The number of hydrogen-bond donors (Lipinski definition) is 0. The van der Waals surface area contributed by atoms with Gasteiger partial charge < -0.3 is 4.74 Å². The third-order valence-corrected chi connectivity index (χ3v) is 7.66. The van der Waals surface area contributed by atoms with Crippen LogP contribution in [0.25, 0.3) is 0 Å². The van der Waals surface area contributed by atoms with Gasteiger partial charge in [0.15, 0.2) is 0 Å². The average molecular weight is 401 g/mol. The SMILES string of the molecule is COc1cc2c(cc1C)[C@@H]1C[C@H]3[C@H](CCCN3S(C)(=O)=O)CN1CC2.Cl. The second kappa shape index (κ2) is 7.30.